The molecule has 3 aromatic rings. The lowest BCUT2D eigenvalue weighted by Crippen LogP contribution is -2.46. The van der Waals surface area contributed by atoms with Crippen LogP contribution in [-0.4, -0.2) is 70.1 Å². The molecule has 2 aromatic heterocycles. The number of nitriles is 1. The van der Waals surface area contributed by atoms with Crippen LogP contribution in [0.1, 0.15) is 41.5 Å². The van der Waals surface area contributed by atoms with Gasteiger partial charge in [0, 0.05) is 39.3 Å². The minimum absolute atomic E-state index is 0.171. The van der Waals surface area contributed by atoms with Crippen molar-refractivity contribution < 1.29 is 9.59 Å². The van der Waals surface area contributed by atoms with Crippen LogP contribution in [-0.2, 0) is 6.54 Å². The Morgan fingerprint density at radius 2 is 1.97 bits per heavy atom. The lowest BCUT2D eigenvalue weighted by atomic mass is 10.1. The molecule has 3 aliphatic rings. The van der Waals surface area contributed by atoms with Gasteiger partial charge < -0.3 is 15.5 Å². The van der Waals surface area contributed by atoms with Crippen LogP contribution in [0, 0.1) is 18.3 Å². The standard InChI is InChI=1S/C27H29N9O2/c1-3-36-24-23-20(29-16-30-24)12-18(13-21(23)32-26(36)38)14-34-8-10-35(11-9-34)22-5-4-19(31-17(22)2)25(37)33-27(15-28)6-7-27/h4-5,12-13,16H,3,6-11,14H2,1-2H3,(H,32,38)(H,33,37). The van der Waals surface area contributed by atoms with Gasteiger partial charge in [0.2, 0.25) is 0 Å². The van der Waals surface area contributed by atoms with E-state index in [0.717, 1.165) is 66.3 Å². The second-order valence-corrected chi connectivity index (χ2v) is 10.1. The Balaban J connectivity index is 1.12. The molecule has 38 heavy (non-hydrogen) atoms. The maximum Gasteiger partial charge on any atom is 0.327 e. The fourth-order valence-electron chi connectivity index (χ4n) is 5.29. The number of amides is 3. The fourth-order valence-corrected chi connectivity index (χ4v) is 5.29. The summed E-state index contributed by atoms with van der Waals surface area (Å²) < 4.78 is 0. The number of pyridine rings is 1. The van der Waals surface area contributed by atoms with Gasteiger partial charge in [-0.05, 0) is 56.5 Å². The molecule has 0 bridgehead atoms. The molecule has 0 atom stereocenters. The van der Waals surface area contributed by atoms with Gasteiger partial charge in [0.25, 0.3) is 5.91 Å². The number of urea groups is 1. The van der Waals surface area contributed by atoms with Crippen LogP contribution >= 0.6 is 0 Å². The number of piperazine rings is 1. The van der Waals surface area contributed by atoms with Crippen molar-refractivity contribution in [1.29, 1.82) is 5.26 Å². The SMILES string of the molecule is CCN1C(=O)Nc2cc(CN3CCN(c4ccc(C(=O)NC5(C#N)CC5)nc4C)CC3)cc3ncnc1c23. The summed E-state index contributed by atoms with van der Waals surface area (Å²) in [4.78, 5) is 44.8. The number of carbonyl (C=O) groups is 2. The molecule has 1 saturated carbocycles. The highest BCUT2D eigenvalue weighted by Gasteiger charge is 2.45. The molecule has 194 valence electrons. The Morgan fingerprint density at radius 3 is 2.66 bits per heavy atom. The Labute approximate surface area is 220 Å². The van der Waals surface area contributed by atoms with Gasteiger partial charge in [0.05, 0.1) is 34.0 Å². The van der Waals surface area contributed by atoms with Crippen LogP contribution in [0.15, 0.2) is 30.6 Å². The molecule has 2 aliphatic heterocycles. The molecule has 2 fully saturated rings. The molecule has 1 aliphatic carbocycles. The number of carbonyl (C=O) groups excluding carboxylic acids is 2. The van der Waals surface area contributed by atoms with E-state index in [1.165, 1.54) is 6.33 Å². The zero-order chi connectivity index (χ0) is 26.4. The maximum absolute atomic E-state index is 12.6. The highest BCUT2D eigenvalue weighted by Crippen LogP contribution is 2.36. The van der Waals surface area contributed by atoms with E-state index in [4.69, 9.17) is 0 Å². The van der Waals surface area contributed by atoms with Crippen LogP contribution in [0.25, 0.3) is 10.9 Å². The topological polar surface area (TPSA) is 130 Å². The summed E-state index contributed by atoms with van der Waals surface area (Å²) in [6, 6.07) is 9.81. The second kappa shape index (κ2) is 9.22. The molecular formula is C27H29N9O2. The Morgan fingerprint density at radius 1 is 1.18 bits per heavy atom. The normalized spacial score (nSPS) is 18.2. The van der Waals surface area contributed by atoms with Gasteiger partial charge in [-0.1, -0.05) is 0 Å². The number of aryl methyl sites for hydroxylation is 1. The van der Waals surface area contributed by atoms with Crippen molar-refractivity contribution in [1.82, 2.24) is 25.2 Å². The molecule has 11 nitrogen and oxygen atoms in total. The summed E-state index contributed by atoms with van der Waals surface area (Å²) in [5.74, 6) is 0.356. The molecule has 2 N–H and O–H groups in total. The number of nitrogens with zero attached hydrogens (tertiary/aromatic N) is 7. The van der Waals surface area contributed by atoms with Gasteiger partial charge in [-0.3, -0.25) is 14.6 Å². The van der Waals surface area contributed by atoms with E-state index in [2.05, 4.69) is 47.5 Å². The molecule has 3 amide bonds. The minimum atomic E-state index is -0.707. The summed E-state index contributed by atoms with van der Waals surface area (Å²) in [7, 11) is 0. The van der Waals surface area contributed by atoms with Gasteiger partial charge in [-0.15, -0.1) is 0 Å². The number of anilines is 3. The molecular weight excluding hydrogens is 482 g/mol. The van der Waals surface area contributed by atoms with E-state index in [0.29, 0.717) is 30.9 Å². The third-order valence-electron chi connectivity index (χ3n) is 7.56. The van der Waals surface area contributed by atoms with E-state index in [1.54, 1.807) is 11.0 Å². The minimum Gasteiger partial charge on any atom is -0.368 e. The first kappa shape index (κ1) is 24.1. The highest BCUT2D eigenvalue weighted by atomic mass is 16.2. The zero-order valence-electron chi connectivity index (χ0n) is 21.5. The molecule has 1 aromatic carbocycles. The summed E-state index contributed by atoms with van der Waals surface area (Å²) in [5.41, 5.74) is 4.13. The third kappa shape index (κ3) is 4.26. The quantitative estimate of drug-likeness (QED) is 0.517. The zero-order valence-corrected chi connectivity index (χ0v) is 21.5. The van der Waals surface area contributed by atoms with Crippen LogP contribution < -0.4 is 20.4 Å². The predicted octanol–water partition coefficient (Wildman–Crippen LogP) is 2.81. The Hall–Kier alpha value is -4.30. The van der Waals surface area contributed by atoms with Crippen molar-refractivity contribution in [2.75, 3.05) is 47.8 Å². The summed E-state index contributed by atoms with van der Waals surface area (Å²) in [5, 5.41) is 15.9. The van der Waals surface area contributed by atoms with Gasteiger partial charge in [0.1, 0.15) is 23.4 Å². The Kier molecular flexibility index (Phi) is 5.84. The molecule has 0 unspecified atom stereocenters. The predicted molar refractivity (Wildman–Crippen MR) is 143 cm³/mol. The van der Waals surface area contributed by atoms with E-state index in [9.17, 15) is 14.9 Å². The third-order valence-corrected chi connectivity index (χ3v) is 7.56. The van der Waals surface area contributed by atoms with Crippen LogP contribution in [0.2, 0.25) is 0 Å². The molecule has 1 saturated heterocycles. The van der Waals surface area contributed by atoms with Crippen molar-refractivity contribution in [3.8, 4) is 6.07 Å². The number of hydrogen-bond acceptors (Lipinski definition) is 8. The average Bonchev–Trinajstić information content (AvgIpc) is 3.69. The van der Waals surface area contributed by atoms with Crippen molar-refractivity contribution in [2.24, 2.45) is 0 Å². The smallest absolute Gasteiger partial charge is 0.327 e. The largest absolute Gasteiger partial charge is 0.368 e. The summed E-state index contributed by atoms with van der Waals surface area (Å²) in [6.45, 7) is 8.53. The molecule has 4 heterocycles. The number of benzene rings is 1. The second-order valence-electron chi connectivity index (χ2n) is 10.1. The molecule has 0 spiro atoms. The van der Waals surface area contributed by atoms with E-state index >= 15 is 0 Å². The van der Waals surface area contributed by atoms with Crippen molar-refractivity contribution in [3.63, 3.8) is 0 Å². The number of nitrogens with one attached hydrogen (secondary N) is 2. The van der Waals surface area contributed by atoms with E-state index in [1.807, 2.05) is 26.0 Å². The Bertz CT molecular complexity index is 1490. The van der Waals surface area contributed by atoms with Crippen molar-refractivity contribution in [3.05, 3.63) is 47.5 Å². The highest BCUT2D eigenvalue weighted by molar-refractivity contribution is 6.17. The molecule has 0 radical (unpaired) electrons. The summed E-state index contributed by atoms with van der Waals surface area (Å²) in [6.07, 6.45) is 2.90. The first-order valence-corrected chi connectivity index (χ1v) is 12.9. The summed E-state index contributed by atoms with van der Waals surface area (Å²) >= 11 is 0. The van der Waals surface area contributed by atoms with Crippen molar-refractivity contribution in [2.45, 2.75) is 38.8 Å². The van der Waals surface area contributed by atoms with Crippen LogP contribution in [0.4, 0.5) is 22.0 Å². The number of hydrogen-bond donors (Lipinski definition) is 2. The monoisotopic (exact) mass is 511 g/mol. The van der Waals surface area contributed by atoms with Crippen molar-refractivity contribution >= 4 is 40.0 Å². The van der Waals surface area contributed by atoms with Gasteiger partial charge in [-0.2, -0.15) is 5.26 Å². The van der Waals surface area contributed by atoms with Gasteiger partial charge in [0.15, 0.2) is 0 Å². The van der Waals surface area contributed by atoms with Crippen LogP contribution in [0.3, 0.4) is 0 Å². The van der Waals surface area contributed by atoms with E-state index < -0.39 is 5.54 Å². The first-order valence-electron chi connectivity index (χ1n) is 12.9. The van der Waals surface area contributed by atoms with Gasteiger partial charge in [-0.25, -0.2) is 19.7 Å². The lowest BCUT2D eigenvalue weighted by Gasteiger charge is -2.36. The first-order chi connectivity index (χ1) is 18.4. The molecule has 6 rings (SSSR count). The van der Waals surface area contributed by atoms with Gasteiger partial charge >= 0.3 is 6.03 Å². The fraction of sp³-hybridized carbons (Fsp3) is 0.407. The number of aromatic nitrogens is 3. The maximum atomic E-state index is 12.6. The molecule has 11 heteroatoms. The number of rotatable bonds is 6. The van der Waals surface area contributed by atoms with Crippen LogP contribution in [0.5, 0.6) is 0 Å². The van der Waals surface area contributed by atoms with E-state index in [-0.39, 0.29) is 11.9 Å². The average molecular weight is 512 g/mol. The lowest BCUT2D eigenvalue weighted by molar-refractivity contribution is 0.0936.